The number of aromatic amines is 1. The minimum atomic E-state index is 0.0142. The Balaban J connectivity index is 1.69. The van der Waals surface area contributed by atoms with Crippen LogP contribution < -0.4 is 5.32 Å². The van der Waals surface area contributed by atoms with Crippen molar-refractivity contribution in [3.8, 4) is 0 Å². The molecule has 6 heteroatoms. The summed E-state index contributed by atoms with van der Waals surface area (Å²) in [6, 6.07) is 1.91. The van der Waals surface area contributed by atoms with Crippen molar-refractivity contribution < 1.29 is 4.79 Å². The maximum atomic E-state index is 12.4. The van der Waals surface area contributed by atoms with Crippen LogP contribution in [0.25, 0.3) is 0 Å². The van der Waals surface area contributed by atoms with Gasteiger partial charge in [0.25, 0.3) is 0 Å². The molecule has 0 aliphatic heterocycles. The maximum Gasteiger partial charge on any atom is 0.228 e. The van der Waals surface area contributed by atoms with E-state index in [-0.39, 0.29) is 11.8 Å². The van der Waals surface area contributed by atoms with Crippen LogP contribution in [0.4, 0.5) is 5.00 Å². The minimum absolute atomic E-state index is 0.0142. The molecule has 0 saturated carbocycles. The smallest absolute Gasteiger partial charge is 0.228 e. The first-order valence-electron chi connectivity index (χ1n) is 7.34. The predicted octanol–water partition coefficient (Wildman–Crippen LogP) is 3.04. The fraction of sp³-hybridized carbons (Fsp3) is 0.533. The number of anilines is 1. The Bertz CT molecular complexity index is 658. The number of carbonyl (C=O) groups is 1. The van der Waals surface area contributed by atoms with E-state index in [9.17, 15) is 4.79 Å². The van der Waals surface area contributed by atoms with E-state index in [0.717, 1.165) is 47.2 Å². The zero-order valence-electron chi connectivity index (χ0n) is 12.6. The van der Waals surface area contributed by atoms with E-state index in [2.05, 4.69) is 33.5 Å². The highest BCUT2D eigenvalue weighted by Crippen LogP contribution is 2.27. The summed E-state index contributed by atoms with van der Waals surface area (Å²) >= 11 is 1.33. The molecular formula is C15H20N4OS. The Morgan fingerprint density at radius 1 is 1.52 bits per heavy atom. The minimum Gasteiger partial charge on any atom is -0.345 e. The largest absolute Gasteiger partial charge is 0.345 e. The van der Waals surface area contributed by atoms with E-state index in [1.165, 1.54) is 11.5 Å². The molecular weight excluding hydrogens is 284 g/mol. The van der Waals surface area contributed by atoms with Gasteiger partial charge in [-0.05, 0) is 37.4 Å². The number of carbonyl (C=O) groups excluding carboxylic acids is 1. The van der Waals surface area contributed by atoms with Gasteiger partial charge in [0.1, 0.15) is 10.8 Å². The number of H-pyrrole nitrogens is 1. The second-order valence-electron chi connectivity index (χ2n) is 5.96. The molecule has 2 aromatic rings. The number of hydrogen-bond donors (Lipinski definition) is 2. The number of aryl methyl sites for hydroxylation is 2. The van der Waals surface area contributed by atoms with Crippen LogP contribution in [-0.2, 0) is 17.6 Å². The Kier molecular flexibility index (Phi) is 3.80. The molecule has 2 aromatic heterocycles. The van der Waals surface area contributed by atoms with Crippen molar-refractivity contribution in [3.63, 3.8) is 0 Å². The molecule has 5 nitrogen and oxygen atoms in total. The molecule has 1 aliphatic rings. The van der Waals surface area contributed by atoms with Crippen molar-refractivity contribution in [2.45, 2.75) is 46.0 Å². The Labute approximate surface area is 128 Å². The molecule has 0 radical (unpaired) electrons. The van der Waals surface area contributed by atoms with Crippen LogP contribution in [0.15, 0.2) is 6.07 Å². The van der Waals surface area contributed by atoms with E-state index in [1.807, 2.05) is 13.0 Å². The molecule has 2 N–H and O–H groups in total. The molecule has 0 unspecified atom stereocenters. The number of nitrogens with zero attached hydrogens (tertiary/aromatic N) is 2. The molecule has 0 aromatic carbocycles. The van der Waals surface area contributed by atoms with Crippen molar-refractivity contribution >= 4 is 22.4 Å². The molecule has 3 rings (SSSR count). The first-order valence-corrected chi connectivity index (χ1v) is 8.12. The third-order valence-corrected chi connectivity index (χ3v) is 4.65. The molecule has 1 amide bonds. The van der Waals surface area contributed by atoms with Crippen molar-refractivity contribution in [1.82, 2.24) is 14.3 Å². The molecule has 1 aliphatic carbocycles. The third kappa shape index (κ3) is 3.00. The topological polar surface area (TPSA) is 70.7 Å². The van der Waals surface area contributed by atoms with Gasteiger partial charge < -0.3 is 10.3 Å². The maximum absolute atomic E-state index is 12.4. The first kappa shape index (κ1) is 14.3. The average molecular weight is 304 g/mol. The normalized spacial score (nSPS) is 17.8. The van der Waals surface area contributed by atoms with Gasteiger partial charge in [-0.2, -0.15) is 4.37 Å². The van der Waals surface area contributed by atoms with E-state index in [4.69, 9.17) is 0 Å². The van der Waals surface area contributed by atoms with Gasteiger partial charge >= 0.3 is 0 Å². The Hall–Kier alpha value is -1.69. The van der Waals surface area contributed by atoms with Gasteiger partial charge in [0, 0.05) is 24.0 Å². The van der Waals surface area contributed by atoms with Gasteiger partial charge in [-0.15, -0.1) is 0 Å². The van der Waals surface area contributed by atoms with Crippen LogP contribution in [-0.4, -0.2) is 20.2 Å². The summed E-state index contributed by atoms with van der Waals surface area (Å²) in [6.07, 6.45) is 2.48. The van der Waals surface area contributed by atoms with Gasteiger partial charge in [0.2, 0.25) is 5.91 Å². The number of hydrogen-bond acceptors (Lipinski definition) is 4. The van der Waals surface area contributed by atoms with Crippen molar-refractivity contribution in [2.24, 2.45) is 5.92 Å². The lowest BCUT2D eigenvalue weighted by Crippen LogP contribution is -2.27. The van der Waals surface area contributed by atoms with Crippen LogP contribution in [0, 0.1) is 12.8 Å². The second kappa shape index (κ2) is 5.60. The standard InChI is InChI=1S/C15H20N4OS/c1-8(2)14-16-11-5-4-10(7-12(11)17-14)15(20)18-13-6-9(3)19-21-13/h6,8,10H,4-5,7H2,1-3H3,(H,16,17)(H,18,20)/t10-/m1/s1. The quantitative estimate of drug-likeness (QED) is 0.915. The van der Waals surface area contributed by atoms with Crippen LogP contribution in [0.3, 0.4) is 0 Å². The van der Waals surface area contributed by atoms with Gasteiger partial charge in [-0.25, -0.2) is 4.98 Å². The van der Waals surface area contributed by atoms with Crippen LogP contribution >= 0.6 is 11.5 Å². The van der Waals surface area contributed by atoms with Crippen molar-refractivity contribution in [2.75, 3.05) is 5.32 Å². The molecule has 21 heavy (non-hydrogen) atoms. The molecule has 112 valence electrons. The number of imidazole rings is 1. The summed E-state index contributed by atoms with van der Waals surface area (Å²) in [6.45, 7) is 6.18. The predicted molar refractivity (Wildman–Crippen MR) is 83.7 cm³/mol. The zero-order valence-corrected chi connectivity index (χ0v) is 13.4. The lowest BCUT2D eigenvalue weighted by atomic mass is 9.89. The lowest BCUT2D eigenvalue weighted by Gasteiger charge is -2.20. The molecule has 0 spiro atoms. The molecule has 0 saturated heterocycles. The zero-order chi connectivity index (χ0) is 15.0. The number of amides is 1. The van der Waals surface area contributed by atoms with Crippen LogP contribution in [0.5, 0.6) is 0 Å². The van der Waals surface area contributed by atoms with Gasteiger partial charge in [-0.1, -0.05) is 13.8 Å². The summed E-state index contributed by atoms with van der Waals surface area (Å²) in [7, 11) is 0. The van der Waals surface area contributed by atoms with E-state index >= 15 is 0 Å². The molecule has 0 bridgehead atoms. The highest BCUT2D eigenvalue weighted by Gasteiger charge is 2.27. The van der Waals surface area contributed by atoms with Crippen LogP contribution in [0.2, 0.25) is 0 Å². The number of fused-ring (bicyclic) bond motifs is 1. The SMILES string of the molecule is Cc1cc(NC(=O)[C@@H]2CCc3nc(C(C)C)[nH]c3C2)sn1. The van der Waals surface area contributed by atoms with Crippen LogP contribution in [0.1, 0.15) is 49.1 Å². The summed E-state index contributed by atoms with van der Waals surface area (Å²) in [4.78, 5) is 20.4. The second-order valence-corrected chi connectivity index (χ2v) is 6.77. The molecule has 2 heterocycles. The van der Waals surface area contributed by atoms with Gasteiger partial charge in [0.15, 0.2) is 0 Å². The highest BCUT2D eigenvalue weighted by molar-refractivity contribution is 7.10. The average Bonchev–Trinajstić information content (AvgIpc) is 3.03. The molecule has 0 fully saturated rings. The Morgan fingerprint density at radius 3 is 3.00 bits per heavy atom. The lowest BCUT2D eigenvalue weighted by molar-refractivity contribution is -0.120. The number of aromatic nitrogens is 3. The Morgan fingerprint density at radius 2 is 2.33 bits per heavy atom. The fourth-order valence-electron chi connectivity index (χ4n) is 2.65. The van der Waals surface area contributed by atoms with E-state index in [1.54, 1.807) is 0 Å². The fourth-order valence-corrected chi connectivity index (χ4v) is 3.31. The third-order valence-electron chi connectivity index (χ3n) is 3.85. The van der Waals surface area contributed by atoms with Crippen molar-refractivity contribution in [1.29, 1.82) is 0 Å². The van der Waals surface area contributed by atoms with E-state index < -0.39 is 0 Å². The van der Waals surface area contributed by atoms with Gasteiger partial charge in [-0.3, -0.25) is 4.79 Å². The first-order chi connectivity index (χ1) is 10.0. The van der Waals surface area contributed by atoms with E-state index in [0.29, 0.717) is 5.92 Å². The highest BCUT2D eigenvalue weighted by atomic mass is 32.1. The summed E-state index contributed by atoms with van der Waals surface area (Å²) in [5.74, 6) is 1.52. The van der Waals surface area contributed by atoms with Gasteiger partial charge in [0.05, 0.1) is 11.4 Å². The summed E-state index contributed by atoms with van der Waals surface area (Å²) in [5, 5.41) is 3.81. The molecule has 1 atom stereocenters. The van der Waals surface area contributed by atoms with Crippen molar-refractivity contribution in [3.05, 3.63) is 29.0 Å². The monoisotopic (exact) mass is 304 g/mol. The summed E-state index contributed by atoms with van der Waals surface area (Å²) in [5.41, 5.74) is 3.21. The number of nitrogens with one attached hydrogen (secondary N) is 2. The summed E-state index contributed by atoms with van der Waals surface area (Å²) < 4.78 is 4.18. The number of rotatable bonds is 3.